The van der Waals surface area contributed by atoms with Crippen molar-refractivity contribution in [3.05, 3.63) is 125 Å². The second kappa shape index (κ2) is 19.6. The maximum Gasteiger partial charge on any atom is 0.339 e. The minimum Gasteiger partial charge on any atom is -0.504 e. The number of carbonyl (C=O) groups excluding carboxylic acids is 5. The Bertz CT molecular complexity index is 2470. The first-order chi connectivity index (χ1) is 28.8. The van der Waals surface area contributed by atoms with Crippen molar-refractivity contribution in [2.24, 2.45) is 0 Å². The summed E-state index contributed by atoms with van der Waals surface area (Å²) in [6.07, 6.45) is 1.97. The van der Waals surface area contributed by atoms with Gasteiger partial charge in [-0.15, -0.1) is 0 Å². The van der Waals surface area contributed by atoms with Gasteiger partial charge in [0, 0.05) is 40.8 Å². The molecule has 306 valence electrons. The summed E-state index contributed by atoms with van der Waals surface area (Å²) in [7, 11) is 2.36. The van der Waals surface area contributed by atoms with Crippen LogP contribution < -0.4 is 36.1 Å². The highest BCUT2D eigenvalue weighted by Gasteiger charge is 2.25. The van der Waals surface area contributed by atoms with Gasteiger partial charge in [-0.3, -0.25) is 29.0 Å². The number of aromatic nitrogens is 1. The standard InChI is InChI=1S/C42H37N7O11/c1-59-36-30(17-15-28(34(36)51)40(55)48-31-18-16-29(42(57)58)35(52)37(31)60-2)47-38(53)23-8-12-27(13-9-23)46-41(56)32(20-21-43)49-39(54)24-6-10-26(11-7-24)45-33(50)19-14-25-5-3-4-22-44-25/h3-13,15-18,22,32,51-52H,14,19-20H2,1-2H3,(H,45,50)(H,46,56)(H,47,53)(H,48,55)(H,49,54)(H,57,58). The maximum absolute atomic E-state index is 13.2. The van der Waals surface area contributed by atoms with Crippen molar-refractivity contribution < 1.29 is 53.6 Å². The molecule has 18 heteroatoms. The molecule has 0 aliphatic heterocycles. The summed E-state index contributed by atoms with van der Waals surface area (Å²) in [6, 6.07) is 22.4. The lowest BCUT2D eigenvalue weighted by molar-refractivity contribution is -0.118. The van der Waals surface area contributed by atoms with Crippen LogP contribution in [-0.4, -0.2) is 76.1 Å². The molecule has 60 heavy (non-hydrogen) atoms. The largest absolute Gasteiger partial charge is 0.504 e. The average Bonchev–Trinajstić information content (AvgIpc) is 3.23. The molecule has 1 unspecified atom stereocenters. The summed E-state index contributed by atoms with van der Waals surface area (Å²) in [6.45, 7) is 0. The maximum atomic E-state index is 13.2. The fraction of sp³-hybridized carbons (Fsp3) is 0.143. The summed E-state index contributed by atoms with van der Waals surface area (Å²) < 4.78 is 10.3. The molecule has 0 radical (unpaired) electrons. The van der Waals surface area contributed by atoms with E-state index in [4.69, 9.17) is 9.47 Å². The number of methoxy groups -OCH3 is 2. The third kappa shape index (κ3) is 10.5. The van der Waals surface area contributed by atoms with E-state index in [-0.39, 0.29) is 64.0 Å². The number of ether oxygens (including phenoxy) is 2. The van der Waals surface area contributed by atoms with Crippen LogP contribution in [0.2, 0.25) is 0 Å². The average molecular weight is 816 g/mol. The number of phenolic OH excluding ortho intramolecular Hbond substituents is 1. The third-order valence-corrected chi connectivity index (χ3v) is 8.74. The van der Waals surface area contributed by atoms with Crippen LogP contribution in [-0.2, 0) is 16.0 Å². The number of nitriles is 1. The van der Waals surface area contributed by atoms with E-state index in [0.717, 1.165) is 18.9 Å². The lowest BCUT2D eigenvalue weighted by Gasteiger charge is -2.17. The van der Waals surface area contributed by atoms with Crippen molar-refractivity contribution in [1.82, 2.24) is 10.3 Å². The number of nitrogens with zero attached hydrogens (tertiary/aromatic N) is 2. The van der Waals surface area contributed by atoms with Crippen LogP contribution >= 0.6 is 0 Å². The Hall–Kier alpha value is -8.46. The van der Waals surface area contributed by atoms with E-state index in [2.05, 4.69) is 31.6 Å². The van der Waals surface area contributed by atoms with Gasteiger partial charge in [0.15, 0.2) is 23.0 Å². The number of pyridine rings is 1. The Labute approximate surface area is 341 Å². The Balaban J connectivity index is 1.17. The Morgan fingerprint density at radius 2 is 1.23 bits per heavy atom. The van der Waals surface area contributed by atoms with E-state index in [9.17, 15) is 49.3 Å². The number of carbonyl (C=O) groups is 6. The Kier molecular flexibility index (Phi) is 13.9. The first-order valence-electron chi connectivity index (χ1n) is 17.9. The van der Waals surface area contributed by atoms with E-state index in [1.807, 2.05) is 18.2 Å². The van der Waals surface area contributed by atoms with Gasteiger partial charge in [-0.1, -0.05) is 6.07 Å². The number of amides is 5. The van der Waals surface area contributed by atoms with Gasteiger partial charge in [0.2, 0.25) is 11.8 Å². The molecule has 0 bridgehead atoms. The topological polar surface area (TPSA) is 278 Å². The zero-order valence-corrected chi connectivity index (χ0v) is 31.9. The molecule has 5 amide bonds. The van der Waals surface area contributed by atoms with Crippen LogP contribution in [0.15, 0.2) is 97.2 Å². The molecule has 0 fully saturated rings. The van der Waals surface area contributed by atoms with E-state index in [0.29, 0.717) is 12.1 Å². The van der Waals surface area contributed by atoms with E-state index < -0.39 is 52.7 Å². The van der Waals surface area contributed by atoms with Crippen molar-refractivity contribution in [2.75, 3.05) is 35.5 Å². The van der Waals surface area contributed by atoms with Crippen molar-refractivity contribution in [3.8, 4) is 29.1 Å². The van der Waals surface area contributed by atoms with Gasteiger partial charge in [-0.25, -0.2) is 4.79 Å². The quantitative estimate of drug-likeness (QED) is 0.0657. The molecule has 0 saturated heterocycles. The summed E-state index contributed by atoms with van der Waals surface area (Å²) in [5.41, 5.74) is 0.916. The smallest absolute Gasteiger partial charge is 0.339 e. The monoisotopic (exact) mass is 815 g/mol. The number of aromatic hydroxyl groups is 2. The number of rotatable bonds is 16. The number of anilines is 4. The molecule has 1 aromatic heterocycles. The molecule has 0 saturated carbocycles. The first kappa shape index (κ1) is 42.7. The molecule has 1 atom stereocenters. The van der Waals surface area contributed by atoms with Crippen molar-refractivity contribution in [1.29, 1.82) is 5.26 Å². The van der Waals surface area contributed by atoms with Gasteiger partial charge in [-0.05, 0) is 91.3 Å². The summed E-state index contributed by atoms with van der Waals surface area (Å²) in [5.74, 6) is -6.49. The Morgan fingerprint density at radius 1 is 0.683 bits per heavy atom. The van der Waals surface area contributed by atoms with Crippen LogP contribution in [0.25, 0.3) is 0 Å². The van der Waals surface area contributed by atoms with Crippen LogP contribution in [0.1, 0.15) is 60.0 Å². The van der Waals surface area contributed by atoms with E-state index >= 15 is 0 Å². The van der Waals surface area contributed by atoms with Crippen molar-refractivity contribution >= 4 is 58.3 Å². The van der Waals surface area contributed by atoms with Gasteiger partial charge in [0.1, 0.15) is 11.6 Å². The molecular formula is C42H37N7O11. The number of aryl methyl sites for hydroxylation is 1. The fourth-order valence-corrected chi connectivity index (χ4v) is 5.68. The number of hydrogen-bond acceptors (Lipinski definition) is 12. The van der Waals surface area contributed by atoms with Crippen LogP contribution in [0.5, 0.6) is 23.0 Å². The minimum absolute atomic E-state index is 0.0129. The number of phenols is 2. The van der Waals surface area contributed by atoms with Crippen molar-refractivity contribution in [3.63, 3.8) is 0 Å². The molecular weight excluding hydrogens is 778 g/mol. The zero-order chi connectivity index (χ0) is 43.3. The molecule has 0 spiro atoms. The normalized spacial score (nSPS) is 10.9. The lowest BCUT2D eigenvalue weighted by Crippen LogP contribution is -2.43. The molecule has 4 aromatic carbocycles. The third-order valence-electron chi connectivity index (χ3n) is 8.74. The molecule has 0 aliphatic carbocycles. The number of nitrogens with one attached hydrogen (secondary N) is 5. The predicted octanol–water partition coefficient (Wildman–Crippen LogP) is 4.93. The Morgan fingerprint density at radius 3 is 1.78 bits per heavy atom. The van der Waals surface area contributed by atoms with Gasteiger partial charge < -0.3 is 51.4 Å². The zero-order valence-electron chi connectivity index (χ0n) is 31.9. The number of aromatic carboxylic acids is 1. The second-order valence-corrected chi connectivity index (χ2v) is 12.7. The molecule has 5 rings (SSSR count). The molecule has 0 aliphatic rings. The summed E-state index contributed by atoms with van der Waals surface area (Å²) in [5, 5.41) is 52.7. The van der Waals surface area contributed by atoms with Gasteiger partial charge in [0.05, 0.1) is 43.6 Å². The summed E-state index contributed by atoms with van der Waals surface area (Å²) >= 11 is 0. The van der Waals surface area contributed by atoms with Gasteiger partial charge in [0.25, 0.3) is 17.7 Å². The number of benzene rings is 4. The molecule has 5 aromatic rings. The first-order valence-corrected chi connectivity index (χ1v) is 17.9. The number of carboxylic acid groups (broad SMARTS) is 1. The highest BCUT2D eigenvalue weighted by molar-refractivity contribution is 6.10. The minimum atomic E-state index is -1.42. The highest BCUT2D eigenvalue weighted by Crippen LogP contribution is 2.40. The van der Waals surface area contributed by atoms with Crippen LogP contribution in [0.3, 0.4) is 0 Å². The van der Waals surface area contributed by atoms with E-state index in [1.165, 1.54) is 73.8 Å². The lowest BCUT2D eigenvalue weighted by atomic mass is 10.1. The molecule has 8 N–H and O–H groups in total. The summed E-state index contributed by atoms with van der Waals surface area (Å²) in [4.78, 5) is 80.3. The van der Waals surface area contributed by atoms with Crippen LogP contribution in [0, 0.1) is 11.3 Å². The van der Waals surface area contributed by atoms with Crippen LogP contribution in [0.4, 0.5) is 22.7 Å². The van der Waals surface area contributed by atoms with Gasteiger partial charge in [-0.2, -0.15) is 5.26 Å². The van der Waals surface area contributed by atoms with Gasteiger partial charge >= 0.3 is 5.97 Å². The molecule has 18 nitrogen and oxygen atoms in total. The SMILES string of the molecule is COc1c(NC(=O)c2ccc(NC(=O)c3ccc(NC(=O)C(CC#N)NC(=O)c4ccc(NC(=O)CCc5ccccn5)cc4)cc3)c(OC)c2O)ccc(C(=O)O)c1O. The second-order valence-electron chi connectivity index (χ2n) is 12.7. The molecule has 1 heterocycles. The predicted molar refractivity (Wildman–Crippen MR) is 216 cm³/mol. The van der Waals surface area contributed by atoms with Crippen molar-refractivity contribution in [2.45, 2.75) is 25.3 Å². The fourth-order valence-electron chi connectivity index (χ4n) is 5.68. The van der Waals surface area contributed by atoms with E-state index in [1.54, 1.807) is 12.3 Å². The highest BCUT2D eigenvalue weighted by atomic mass is 16.5. The number of carboxylic acids is 1. The number of hydrogen-bond donors (Lipinski definition) is 8.